The molecule has 3 N–H and O–H groups in total. The van der Waals surface area contributed by atoms with Crippen LogP contribution in [0.1, 0.15) is 44.9 Å². The fourth-order valence-electron chi connectivity index (χ4n) is 5.78. The molecular formula is C20H30N2O5. The molecule has 4 bridgehead atoms. The van der Waals surface area contributed by atoms with E-state index in [-0.39, 0.29) is 31.1 Å². The number of nitrogens with one attached hydrogen (secondary N) is 2. The van der Waals surface area contributed by atoms with Crippen molar-refractivity contribution in [3.63, 3.8) is 0 Å². The second kappa shape index (κ2) is 8.42. The second-order valence-corrected chi connectivity index (χ2v) is 8.66. The molecule has 4 aliphatic carbocycles. The third kappa shape index (κ3) is 5.09. The predicted octanol–water partition coefficient (Wildman–Crippen LogP) is 1.48. The number of rotatable bonds is 10. The van der Waals surface area contributed by atoms with Crippen molar-refractivity contribution in [3.05, 3.63) is 12.7 Å². The molecule has 150 valence electrons. The Morgan fingerprint density at radius 1 is 1.11 bits per heavy atom. The first-order valence-electron chi connectivity index (χ1n) is 9.86. The van der Waals surface area contributed by atoms with Gasteiger partial charge in [0.25, 0.3) is 0 Å². The molecule has 4 rings (SSSR count). The topological polar surface area (TPSA) is 105 Å². The maximum atomic E-state index is 12.4. The summed E-state index contributed by atoms with van der Waals surface area (Å²) in [6, 6.07) is -1.14. The summed E-state index contributed by atoms with van der Waals surface area (Å²) in [4.78, 5) is 35.6. The molecule has 0 heterocycles. The van der Waals surface area contributed by atoms with Crippen LogP contribution >= 0.6 is 0 Å². The summed E-state index contributed by atoms with van der Waals surface area (Å²) < 4.78 is 5.09. The number of carboxylic acid groups (broad SMARTS) is 1. The highest BCUT2D eigenvalue weighted by Gasteiger charge is 2.51. The molecule has 0 aromatic heterocycles. The standard InChI is InChI=1S/C20H30N2O5/c1-2-3-27-12-16(19(25)26)22-18(24)11-21-17(23)10-20-7-13-4-14(8-20)6-15(5-13)9-20/h2,13-16H,1,3-12H2,(H,21,23)(H,22,24)(H,25,26). The number of hydrogen-bond acceptors (Lipinski definition) is 4. The SMILES string of the molecule is C=CCOCC(NC(=O)CNC(=O)CC12CC3CC(CC(C3)C1)C2)C(=O)O. The van der Waals surface area contributed by atoms with Crippen LogP contribution < -0.4 is 10.6 Å². The quantitative estimate of drug-likeness (QED) is 0.394. The summed E-state index contributed by atoms with van der Waals surface area (Å²) in [7, 11) is 0. The highest BCUT2D eigenvalue weighted by Crippen LogP contribution is 2.61. The van der Waals surface area contributed by atoms with E-state index in [0.29, 0.717) is 6.42 Å². The van der Waals surface area contributed by atoms with Crippen molar-refractivity contribution in [3.8, 4) is 0 Å². The Balaban J connectivity index is 1.42. The number of carbonyl (C=O) groups excluding carboxylic acids is 2. The normalized spacial score (nSPS) is 31.9. The summed E-state index contributed by atoms with van der Waals surface area (Å²) in [6.45, 7) is 3.33. The molecule has 0 aromatic rings. The summed E-state index contributed by atoms with van der Waals surface area (Å²) in [5.74, 6) is 0.523. The molecule has 27 heavy (non-hydrogen) atoms. The van der Waals surface area contributed by atoms with Crippen LogP contribution in [0.3, 0.4) is 0 Å². The molecule has 1 unspecified atom stereocenters. The van der Waals surface area contributed by atoms with Crippen LogP contribution in [0, 0.1) is 23.2 Å². The van der Waals surface area contributed by atoms with Crippen molar-refractivity contribution in [1.82, 2.24) is 10.6 Å². The lowest BCUT2D eigenvalue weighted by Crippen LogP contribution is -2.50. The highest BCUT2D eigenvalue weighted by molar-refractivity contribution is 5.88. The van der Waals surface area contributed by atoms with Crippen LogP contribution in [0.15, 0.2) is 12.7 Å². The molecule has 0 spiro atoms. The van der Waals surface area contributed by atoms with Gasteiger partial charge in [-0.05, 0) is 61.7 Å². The van der Waals surface area contributed by atoms with Gasteiger partial charge in [0.1, 0.15) is 0 Å². The Morgan fingerprint density at radius 2 is 1.70 bits per heavy atom. The van der Waals surface area contributed by atoms with Gasteiger partial charge in [0.15, 0.2) is 6.04 Å². The lowest BCUT2D eigenvalue weighted by Gasteiger charge is -2.56. The van der Waals surface area contributed by atoms with E-state index < -0.39 is 17.9 Å². The van der Waals surface area contributed by atoms with E-state index in [0.717, 1.165) is 37.0 Å². The maximum absolute atomic E-state index is 12.4. The minimum Gasteiger partial charge on any atom is -0.480 e. The number of amides is 2. The molecule has 4 fully saturated rings. The number of carbonyl (C=O) groups is 3. The maximum Gasteiger partial charge on any atom is 0.328 e. The van der Waals surface area contributed by atoms with E-state index in [9.17, 15) is 14.4 Å². The van der Waals surface area contributed by atoms with Crippen LogP contribution in [0.5, 0.6) is 0 Å². The van der Waals surface area contributed by atoms with E-state index in [2.05, 4.69) is 17.2 Å². The highest BCUT2D eigenvalue weighted by atomic mass is 16.5. The summed E-state index contributed by atoms with van der Waals surface area (Å²) in [6.07, 6.45) is 9.39. The summed E-state index contributed by atoms with van der Waals surface area (Å²) in [5.41, 5.74) is 0.122. The fraction of sp³-hybridized carbons (Fsp3) is 0.750. The fourth-order valence-corrected chi connectivity index (χ4v) is 5.78. The Kier molecular flexibility index (Phi) is 6.19. The first-order valence-corrected chi connectivity index (χ1v) is 9.86. The third-order valence-electron chi connectivity index (χ3n) is 6.30. The predicted molar refractivity (Wildman–Crippen MR) is 98.8 cm³/mol. The molecule has 1 atom stereocenters. The Morgan fingerprint density at radius 3 is 2.22 bits per heavy atom. The molecule has 4 aliphatic rings. The minimum absolute atomic E-state index is 0.109. The van der Waals surface area contributed by atoms with Gasteiger partial charge in [-0.2, -0.15) is 0 Å². The van der Waals surface area contributed by atoms with Crippen molar-refractivity contribution in [1.29, 1.82) is 0 Å². The monoisotopic (exact) mass is 378 g/mol. The minimum atomic E-state index is -1.17. The summed E-state index contributed by atoms with van der Waals surface area (Å²) in [5, 5.41) is 14.2. The Bertz CT molecular complexity index is 568. The van der Waals surface area contributed by atoms with Crippen LogP contribution in [0.2, 0.25) is 0 Å². The number of carboxylic acids is 1. The van der Waals surface area contributed by atoms with Crippen LogP contribution in [0.25, 0.3) is 0 Å². The van der Waals surface area contributed by atoms with Crippen LogP contribution in [0.4, 0.5) is 0 Å². The average molecular weight is 378 g/mol. The zero-order valence-corrected chi connectivity index (χ0v) is 15.7. The van der Waals surface area contributed by atoms with Gasteiger partial charge in [0.05, 0.1) is 19.8 Å². The molecule has 4 saturated carbocycles. The van der Waals surface area contributed by atoms with Gasteiger partial charge in [0, 0.05) is 6.42 Å². The van der Waals surface area contributed by atoms with E-state index >= 15 is 0 Å². The van der Waals surface area contributed by atoms with Crippen molar-refractivity contribution in [2.75, 3.05) is 19.8 Å². The second-order valence-electron chi connectivity index (χ2n) is 8.66. The van der Waals surface area contributed by atoms with Gasteiger partial charge in [-0.3, -0.25) is 9.59 Å². The van der Waals surface area contributed by atoms with Gasteiger partial charge in [-0.25, -0.2) is 4.79 Å². The Labute approximate surface area is 159 Å². The van der Waals surface area contributed by atoms with Gasteiger partial charge in [-0.1, -0.05) is 6.08 Å². The lowest BCUT2D eigenvalue weighted by atomic mass is 9.49. The van der Waals surface area contributed by atoms with Crippen molar-refractivity contribution in [2.45, 2.75) is 51.0 Å². The van der Waals surface area contributed by atoms with Gasteiger partial charge in [-0.15, -0.1) is 6.58 Å². The number of hydrogen-bond donors (Lipinski definition) is 3. The zero-order chi connectivity index (χ0) is 19.4. The van der Waals surface area contributed by atoms with Crippen molar-refractivity contribution >= 4 is 17.8 Å². The lowest BCUT2D eigenvalue weighted by molar-refractivity contribution is -0.143. The molecule has 7 nitrogen and oxygen atoms in total. The molecule has 0 saturated heterocycles. The smallest absolute Gasteiger partial charge is 0.328 e. The van der Waals surface area contributed by atoms with Gasteiger partial charge in [0.2, 0.25) is 11.8 Å². The average Bonchev–Trinajstić information content (AvgIpc) is 2.57. The van der Waals surface area contributed by atoms with Crippen LogP contribution in [-0.2, 0) is 19.1 Å². The molecule has 0 aliphatic heterocycles. The van der Waals surface area contributed by atoms with Crippen molar-refractivity contribution < 1.29 is 24.2 Å². The number of ether oxygens (including phenoxy) is 1. The first kappa shape index (κ1) is 19.9. The van der Waals surface area contributed by atoms with Crippen molar-refractivity contribution in [2.24, 2.45) is 23.2 Å². The molecule has 2 amide bonds. The van der Waals surface area contributed by atoms with E-state index in [1.807, 2.05) is 0 Å². The summed E-state index contributed by atoms with van der Waals surface area (Å²) >= 11 is 0. The molecule has 7 heteroatoms. The van der Waals surface area contributed by atoms with E-state index in [4.69, 9.17) is 9.84 Å². The third-order valence-corrected chi connectivity index (χ3v) is 6.30. The Hall–Kier alpha value is -1.89. The zero-order valence-electron chi connectivity index (χ0n) is 15.7. The van der Waals surface area contributed by atoms with E-state index in [1.165, 1.54) is 25.3 Å². The number of aliphatic carboxylic acids is 1. The van der Waals surface area contributed by atoms with Gasteiger partial charge >= 0.3 is 5.97 Å². The van der Waals surface area contributed by atoms with E-state index in [1.54, 1.807) is 0 Å². The molecule has 0 aromatic carbocycles. The molecule has 0 radical (unpaired) electrons. The molecular weight excluding hydrogens is 348 g/mol. The largest absolute Gasteiger partial charge is 0.480 e. The van der Waals surface area contributed by atoms with Gasteiger partial charge < -0.3 is 20.5 Å². The first-order chi connectivity index (χ1) is 12.9. The van der Waals surface area contributed by atoms with Crippen LogP contribution in [-0.4, -0.2) is 48.7 Å².